The summed E-state index contributed by atoms with van der Waals surface area (Å²) in [4.78, 5) is 38.5. The van der Waals surface area contributed by atoms with E-state index in [0.29, 0.717) is 49.7 Å². The monoisotopic (exact) mass is 584 g/mol. The minimum absolute atomic E-state index is 0.0410. The third-order valence-electron chi connectivity index (χ3n) is 9.11. The van der Waals surface area contributed by atoms with Crippen LogP contribution >= 0.6 is 11.3 Å². The number of hydrogen-bond acceptors (Lipinski definition) is 6. The molecule has 1 saturated carbocycles. The van der Waals surface area contributed by atoms with Gasteiger partial charge in [-0.3, -0.25) is 14.1 Å². The molecule has 3 aromatic rings. The molecule has 3 fully saturated rings. The second-order valence-electron chi connectivity index (χ2n) is 12.1. The number of nitrogens with one attached hydrogen (secondary N) is 1. The van der Waals surface area contributed by atoms with Gasteiger partial charge in [-0.25, -0.2) is 18.6 Å². The topological polar surface area (TPSA) is 73.2 Å². The van der Waals surface area contributed by atoms with Crippen LogP contribution in [0.25, 0.3) is 4.96 Å². The van der Waals surface area contributed by atoms with Crippen LogP contribution in [0.4, 0.5) is 13.6 Å². The number of amides is 2. The van der Waals surface area contributed by atoms with Crippen LogP contribution in [0.1, 0.15) is 69.5 Å². The molecule has 2 aliphatic heterocycles. The summed E-state index contributed by atoms with van der Waals surface area (Å²) < 4.78 is 30.9. The minimum Gasteiger partial charge on any atom is -0.321 e. The molecule has 2 amide bonds. The number of benzene rings is 1. The summed E-state index contributed by atoms with van der Waals surface area (Å²) in [5, 5.41) is 5.39. The molecule has 1 aromatic carbocycles. The third-order valence-corrected chi connectivity index (χ3v) is 9.88. The number of fused-ring (bicyclic) bond motifs is 1. The number of likely N-dealkylation sites (tertiary alicyclic amines) is 1. The van der Waals surface area contributed by atoms with E-state index in [1.165, 1.54) is 17.4 Å². The Bertz CT molecular complexity index is 1470. The standard InChI is InChI=1S/C30H38F2N6O2S/c1-20(2)34-23-7-10-37(26(16-23)24-15-22(31)5-6-25(24)32)29(40)35-11-12-36(30(19-35)8-3-4-9-30)18-21-17-33-28-38(27(21)39)13-14-41-28/h5-6,13-15,17,20,23,26,34H,3-4,7-12,16,18-19H2,1-2H3/t23-,26+/m1/s1. The zero-order valence-corrected chi connectivity index (χ0v) is 24.5. The second-order valence-corrected chi connectivity index (χ2v) is 13.0. The molecule has 1 aliphatic carbocycles. The van der Waals surface area contributed by atoms with Gasteiger partial charge in [0, 0.05) is 73.7 Å². The van der Waals surface area contributed by atoms with Crippen molar-refractivity contribution < 1.29 is 13.6 Å². The first-order valence-corrected chi connectivity index (χ1v) is 15.6. The van der Waals surface area contributed by atoms with Crippen molar-refractivity contribution >= 4 is 22.3 Å². The van der Waals surface area contributed by atoms with Gasteiger partial charge in [0.25, 0.3) is 5.56 Å². The number of nitrogens with zero attached hydrogens (tertiary/aromatic N) is 5. The van der Waals surface area contributed by atoms with E-state index < -0.39 is 17.7 Å². The number of halogens is 2. The van der Waals surface area contributed by atoms with Gasteiger partial charge in [-0.1, -0.05) is 26.7 Å². The minimum atomic E-state index is -0.552. The average molecular weight is 585 g/mol. The van der Waals surface area contributed by atoms with E-state index in [2.05, 4.69) is 29.0 Å². The molecule has 3 aliphatic rings. The lowest BCUT2D eigenvalue weighted by Crippen LogP contribution is -2.64. The van der Waals surface area contributed by atoms with Crippen molar-refractivity contribution in [1.82, 2.24) is 29.4 Å². The van der Waals surface area contributed by atoms with Crippen LogP contribution in [0.5, 0.6) is 0 Å². The number of carbonyl (C=O) groups is 1. The molecule has 11 heteroatoms. The summed E-state index contributed by atoms with van der Waals surface area (Å²) in [5.74, 6) is -0.990. The zero-order valence-electron chi connectivity index (χ0n) is 23.7. The van der Waals surface area contributed by atoms with E-state index in [4.69, 9.17) is 0 Å². The van der Waals surface area contributed by atoms with Gasteiger partial charge < -0.3 is 15.1 Å². The number of aromatic nitrogens is 2. The van der Waals surface area contributed by atoms with Crippen LogP contribution < -0.4 is 10.9 Å². The highest BCUT2D eigenvalue weighted by Crippen LogP contribution is 2.40. The van der Waals surface area contributed by atoms with Gasteiger partial charge in [0.05, 0.1) is 11.6 Å². The Morgan fingerprint density at radius 3 is 2.78 bits per heavy atom. The van der Waals surface area contributed by atoms with Crippen LogP contribution in [0.3, 0.4) is 0 Å². The summed E-state index contributed by atoms with van der Waals surface area (Å²) in [5.41, 5.74) is 0.639. The first-order chi connectivity index (χ1) is 19.7. The first kappa shape index (κ1) is 28.2. The fourth-order valence-corrected chi connectivity index (χ4v) is 7.85. The van der Waals surface area contributed by atoms with Crippen LogP contribution in [-0.2, 0) is 6.54 Å². The van der Waals surface area contributed by atoms with E-state index >= 15 is 4.39 Å². The molecule has 1 spiro atoms. The van der Waals surface area contributed by atoms with E-state index in [9.17, 15) is 14.0 Å². The van der Waals surface area contributed by atoms with Crippen LogP contribution in [-0.4, -0.2) is 73.9 Å². The third kappa shape index (κ3) is 5.51. The van der Waals surface area contributed by atoms with Crippen LogP contribution in [0.2, 0.25) is 0 Å². The molecule has 2 saturated heterocycles. The SMILES string of the molecule is CC(C)N[C@@H]1CCN(C(=O)N2CCN(Cc3cnc4sccn4c3=O)C3(CCCC3)C2)[C@H](c2cc(F)ccc2F)C1. The lowest BCUT2D eigenvalue weighted by molar-refractivity contribution is -0.00264. The molecule has 1 N–H and O–H groups in total. The Morgan fingerprint density at radius 2 is 2.00 bits per heavy atom. The molecule has 4 heterocycles. The maximum atomic E-state index is 15.1. The average Bonchev–Trinajstić information content (AvgIpc) is 3.63. The molecular weight excluding hydrogens is 546 g/mol. The van der Waals surface area contributed by atoms with Gasteiger partial charge in [-0.2, -0.15) is 0 Å². The largest absolute Gasteiger partial charge is 0.321 e. The Hall–Kier alpha value is -2.89. The van der Waals surface area contributed by atoms with Crippen molar-refractivity contribution in [3.8, 4) is 0 Å². The summed E-state index contributed by atoms with van der Waals surface area (Å²) >= 11 is 1.44. The zero-order chi connectivity index (χ0) is 28.7. The Balaban J connectivity index is 1.24. The number of urea groups is 1. The second kappa shape index (κ2) is 11.4. The fraction of sp³-hybridized carbons (Fsp3) is 0.567. The van der Waals surface area contributed by atoms with E-state index in [-0.39, 0.29) is 34.8 Å². The number of piperazine rings is 1. The molecule has 2 atom stereocenters. The fourth-order valence-electron chi connectivity index (χ4n) is 7.17. The van der Waals surface area contributed by atoms with Crippen LogP contribution in [0, 0.1) is 11.6 Å². The Morgan fingerprint density at radius 1 is 1.20 bits per heavy atom. The predicted octanol–water partition coefficient (Wildman–Crippen LogP) is 4.79. The number of thiazole rings is 1. The van der Waals surface area contributed by atoms with Crippen molar-refractivity contribution in [2.45, 2.75) is 82.6 Å². The van der Waals surface area contributed by atoms with Gasteiger partial charge in [0.2, 0.25) is 0 Å². The predicted molar refractivity (Wildman–Crippen MR) is 155 cm³/mol. The van der Waals surface area contributed by atoms with E-state index in [0.717, 1.165) is 44.2 Å². The van der Waals surface area contributed by atoms with Crippen molar-refractivity contribution in [1.29, 1.82) is 0 Å². The summed E-state index contributed by atoms with van der Waals surface area (Å²) in [6.45, 7) is 6.82. The van der Waals surface area contributed by atoms with E-state index in [1.54, 1.807) is 21.7 Å². The van der Waals surface area contributed by atoms with Crippen molar-refractivity contribution in [2.24, 2.45) is 0 Å². The van der Waals surface area contributed by atoms with Crippen molar-refractivity contribution in [2.75, 3.05) is 26.2 Å². The molecule has 0 unspecified atom stereocenters. The molecule has 8 nitrogen and oxygen atoms in total. The van der Waals surface area contributed by atoms with Gasteiger partial charge in [-0.15, -0.1) is 11.3 Å². The molecular formula is C30H38F2N6O2S. The summed E-state index contributed by atoms with van der Waals surface area (Å²) in [7, 11) is 0. The van der Waals surface area contributed by atoms with Crippen LogP contribution in [0.15, 0.2) is 40.8 Å². The molecule has 41 heavy (non-hydrogen) atoms. The lowest BCUT2D eigenvalue weighted by Gasteiger charge is -2.51. The van der Waals surface area contributed by atoms with Crippen molar-refractivity contribution in [3.05, 3.63) is 69.1 Å². The van der Waals surface area contributed by atoms with Crippen molar-refractivity contribution in [3.63, 3.8) is 0 Å². The highest BCUT2D eigenvalue weighted by atomic mass is 32.1. The number of rotatable bonds is 5. The Kier molecular flexibility index (Phi) is 7.86. The number of hydrogen-bond donors (Lipinski definition) is 1. The van der Waals surface area contributed by atoms with Gasteiger partial charge >= 0.3 is 6.03 Å². The van der Waals surface area contributed by atoms with E-state index in [1.807, 2.05) is 10.3 Å². The number of carbonyl (C=O) groups excluding carboxylic acids is 1. The molecule has 0 radical (unpaired) electrons. The van der Waals surface area contributed by atoms with Gasteiger partial charge in [0.1, 0.15) is 11.6 Å². The van der Waals surface area contributed by atoms with Gasteiger partial charge in [-0.05, 0) is 43.9 Å². The summed E-state index contributed by atoms with van der Waals surface area (Å²) in [6.07, 6.45) is 8.79. The quantitative estimate of drug-likeness (QED) is 0.467. The molecule has 2 aromatic heterocycles. The number of piperidine rings is 1. The molecule has 0 bridgehead atoms. The summed E-state index contributed by atoms with van der Waals surface area (Å²) in [6, 6.07) is 3.21. The maximum absolute atomic E-state index is 15.1. The first-order valence-electron chi connectivity index (χ1n) is 14.7. The molecule has 6 rings (SSSR count). The smallest absolute Gasteiger partial charge is 0.320 e. The highest BCUT2D eigenvalue weighted by molar-refractivity contribution is 7.15. The maximum Gasteiger partial charge on any atom is 0.320 e. The highest BCUT2D eigenvalue weighted by Gasteiger charge is 2.46. The normalized spacial score (nSPS) is 23.2. The molecule has 220 valence electrons. The van der Waals surface area contributed by atoms with Gasteiger partial charge in [0.15, 0.2) is 4.96 Å². The Labute approximate surface area is 243 Å². The lowest BCUT2D eigenvalue weighted by atomic mass is 9.89.